The van der Waals surface area contributed by atoms with Crippen LogP contribution in [0.25, 0.3) is 0 Å². The first-order chi connectivity index (χ1) is 7.79. The molecule has 0 aliphatic heterocycles. The topological polar surface area (TPSA) is 59.4 Å². The lowest BCUT2D eigenvalue weighted by Crippen LogP contribution is -2.17. The van der Waals surface area contributed by atoms with E-state index in [-0.39, 0.29) is 17.9 Å². The van der Waals surface area contributed by atoms with Gasteiger partial charge in [0, 0.05) is 10.7 Å². The standard InChI is InChI=1S/C9H7BrF3NO3/c10-6-1-5(8(15)16)2-14-7(6)3-17-4-9(11,12)13/h1-2H,3-4H2,(H,15,16). The molecule has 0 aliphatic carbocycles. The van der Waals surface area contributed by atoms with Crippen molar-refractivity contribution in [1.29, 1.82) is 0 Å². The molecule has 0 unspecified atom stereocenters. The van der Waals surface area contributed by atoms with E-state index in [2.05, 4.69) is 25.7 Å². The molecule has 0 bridgehead atoms. The minimum Gasteiger partial charge on any atom is -0.478 e. The van der Waals surface area contributed by atoms with Crippen LogP contribution in [0.2, 0.25) is 0 Å². The molecule has 0 fully saturated rings. The van der Waals surface area contributed by atoms with Crippen molar-refractivity contribution in [2.75, 3.05) is 6.61 Å². The van der Waals surface area contributed by atoms with Gasteiger partial charge in [0.05, 0.1) is 17.9 Å². The number of ether oxygens (including phenoxy) is 1. The molecule has 1 aromatic heterocycles. The van der Waals surface area contributed by atoms with E-state index in [0.29, 0.717) is 4.47 Å². The Morgan fingerprint density at radius 3 is 2.65 bits per heavy atom. The molecule has 4 nitrogen and oxygen atoms in total. The van der Waals surface area contributed by atoms with Gasteiger partial charge in [-0.25, -0.2) is 4.79 Å². The average Bonchev–Trinajstić information content (AvgIpc) is 2.18. The Labute approximate surface area is 103 Å². The predicted molar refractivity (Wildman–Crippen MR) is 54.6 cm³/mol. The number of carboxylic acid groups (broad SMARTS) is 1. The number of aromatic carboxylic acids is 1. The Kier molecular flexibility index (Phi) is 4.47. The highest BCUT2D eigenvalue weighted by atomic mass is 79.9. The van der Waals surface area contributed by atoms with Crippen LogP contribution in [0.3, 0.4) is 0 Å². The summed E-state index contributed by atoms with van der Waals surface area (Å²) in [4.78, 5) is 14.3. The number of pyridine rings is 1. The fourth-order valence-corrected chi connectivity index (χ4v) is 1.42. The van der Waals surface area contributed by atoms with Gasteiger partial charge in [-0.15, -0.1) is 0 Å². The second-order valence-electron chi connectivity index (χ2n) is 3.07. The van der Waals surface area contributed by atoms with E-state index in [9.17, 15) is 18.0 Å². The van der Waals surface area contributed by atoms with Gasteiger partial charge >= 0.3 is 12.1 Å². The van der Waals surface area contributed by atoms with Gasteiger partial charge in [-0.1, -0.05) is 0 Å². The van der Waals surface area contributed by atoms with Crippen molar-refractivity contribution in [2.24, 2.45) is 0 Å². The van der Waals surface area contributed by atoms with Gasteiger partial charge in [-0.05, 0) is 22.0 Å². The molecular formula is C9H7BrF3NO3. The highest BCUT2D eigenvalue weighted by Crippen LogP contribution is 2.19. The highest BCUT2D eigenvalue weighted by Gasteiger charge is 2.27. The molecule has 0 radical (unpaired) electrons. The summed E-state index contributed by atoms with van der Waals surface area (Å²) in [5.41, 5.74) is 0.149. The Morgan fingerprint density at radius 1 is 1.53 bits per heavy atom. The number of hydrogen-bond acceptors (Lipinski definition) is 3. The SMILES string of the molecule is O=C(O)c1cnc(COCC(F)(F)F)c(Br)c1. The summed E-state index contributed by atoms with van der Waals surface area (Å²) < 4.78 is 40.1. The maximum absolute atomic E-state index is 11.8. The van der Waals surface area contributed by atoms with Gasteiger partial charge in [-0.3, -0.25) is 4.98 Å². The number of hydrogen-bond donors (Lipinski definition) is 1. The van der Waals surface area contributed by atoms with Crippen LogP contribution in [0, 0.1) is 0 Å². The molecule has 0 spiro atoms. The Balaban J connectivity index is 2.64. The third kappa shape index (κ3) is 4.70. The zero-order valence-corrected chi connectivity index (χ0v) is 9.88. The zero-order chi connectivity index (χ0) is 13.1. The third-order valence-electron chi connectivity index (χ3n) is 1.67. The van der Waals surface area contributed by atoms with Crippen molar-refractivity contribution < 1.29 is 27.8 Å². The fourth-order valence-electron chi connectivity index (χ4n) is 0.953. The summed E-state index contributed by atoms with van der Waals surface area (Å²) in [7, 11) is 0. The first kappa shape index (κ1) is 13.9. The number of nitrogens with zero attached hydrogens (tertiary/aromatic N) is 1. The van der Waals surface area contributed by atoms with Gasteiger partial charge in [0.15, 0.2) is 0 Å². The maximum Gasteiger partial charge on any atom is 0.411 e. The van der Waals surface area contributed by atoms with Crippen LogP contribution in [0.4, 0.5) is 13.2 Å². The van der Waals surface area contributed by atoms with Crippen LogP contribution in [0.15, 0.2) is 16.7 Å². The molecule has 1 aromatic rings. The molecule has 0 saturated heterocycles. The van der Waals surface area contributed by atoms with Crippen molar-refractivity contribution in [1.82, 2.24) is 4.98 Å². The molecule has 1 heterocycles. The molecule has 17 heavy (non-hydrogen) atoms. The number of carboxylic acids is 1. The molecule has 94 valence electrons. The Morgan fingerprint density at radius 2 is 2.18 bits per heavy atom. The van der Waals surface area contributed by atoms with Gasteiger partial charge in [0.2, 0.25) is 0 Å². The van der Waals surface area contributed by atoms with Gasteiger partial charge in [0.25, 0.3) is 0 Å². The van der Waals surface area contributed by atoms with E-state index in [1.807, 2.05) is 0 Å². The second kappa shape index (κ2) is 5.46. The second-order valence-corrected chi connectivity index (χ2v) is 3.92. The van der Waals surface area contributed by atoms with E-state index in [1.165, 1.54) is 6.07 Å². The van der Waals surface area contributed by atoms with Crippen LogP contribution in [0.1, 0.15) is 16.1 Å². The van der Waals surface area contributed by atoms with Crippen molar-refractivity contribution >= 4 is 21.9 Å². The van der Waals surface area contributed by atoms with Gasteiger partial charge in [0.1, 0.15) is 6.61 Å². The molecule has 1 N–H and O–H groups in total. The first-order valence-corrected chi connectivity index (χ1v) is 5.11. The predicted octanol–water partition coefficient (Wildman–Crippen LogP) is 2.62. The summed E-state index contributed by atoms with van der Waals surface area (Å²) in [6.07, 6.45) is -3.34. The van der Waals surface area contributed by atoms with E-state index in [0.717, 1.165) is 6.20 Å². The minimum atomic E-state index is -4.40. The summed E-state index contributed by atoms with van der Waals surface area (Å²) in [5.74, 6) is -1.17. The van der Waals surface area contributed by atoms with Crippen LogP contribution in [-0.4, -0.2) is 28.8 Å². The normalized spacial score (nSPS) is 11.5. The maximum atomic E-state index is 11.8. The highest BCUT2D eigenvalue weighted by molar-refractivity contribution is 9.10. The quantitative estimate of drug-likeness (QED) is 0.928. The number of halogens is 4. The largest absolute Gasteiger partial charge is 0.478 e. The van der Waals surface area contributed by atoms with Crippen LogP contribution in [-0.2, 0) is 11.3 Å². The van der Waals surface area contributed by atoms with Crippen LogP contribution in [0.5, 0.6) is 0 Å². The summed E-state index contributed by atoms with van der Waals surface area (Å²) in [5, 5.41) is 8.64. The molecule has 0 aliphatic rings. The smallest absolute Gasteiger partial charge is 0.411 e. The van der Waals surface area contributed by atoms with Gasteiger partial charge < -0.3 is 9.84 Å². The summed E-state index contributed by atoms with van der Waals surface area (Å²) in [6.45, 7) is -1.72. The Hall–Kier alpha value is -1.15. The van der Waals surface area contributed by atoms with Crippen molar-refractivity contribution in [2.45, 2.75) is 12.8 Å². The Bertz CT molecular complexity index is 422. The number of aromatic nitrogens is 1. The minimum absolute atomic E-state index is 0.0588. The molecule has 0 aromatic carbocycles. The average molecular weight is 314 g/mol. The molecular weight excluding hydrogens is 307 g/mol. The summed E-state index contributed by atoms with van der Waals surface area (Å²) >= 11 is 3.01. The first-order valence-electron chi connectivity index (χ1n) is 4.32. The van der Waals surface area contributed by atoms with Crippen LogP contribution < -0.4 is 0 Å². The van der Waals surface area contributed by atoms with Gasteiger partial charge in [-0.2, -0.15) is 13.2 Å². The lowest BCUT2D eigenvalue weighted by atomic mass is 10.2. The van der Waals surface area contributed by atoms with Crippen molar-refractivity contribution in [3.63, 3.8) is 0 Å². The van der Waals surface area contributed by atoms with Crippen molar-refractivity contribution in [3.05, 3.63) is 28.0 Å². The molecule has 0 saturated carbocycles. The number of carbonyl (C=O) groups is 1. The third-order valence-corrected chi connectivity index (χ3v) is 2.36. The van der Waals surface area contributed by atoms with E-state index in [4.69, 9.17) is 5.11 Å². The fraction of sp³-hybridized carbons (Fsp3) is 0.333. The molecule has 8 heteroatoms. The van der Waals surface area contributed by atoms with E-state index in [1.54, 1.807) is 0 Å². The van der Waals surface area contributed by atoms with E-state index >= 15 is 0 Å². The summed E-state index contributed by atoms with van der Waals surface area (Å²) in [6, 6.07) is 1.25. The van der Waals surface area contributed by atoms with E-state index < -0.39 is 18.8 Å². The number of alkyl halides is 3. The zero-order valence-electron chi connectivity index (χ0n) is 8.29. The molecule has 0 amide bonds. The number of rotatable bonds is 4. The van der Waals surface area contributed by atoms with Crippen LogP contribution >= 0.6 is 15.9 Å². The molecule has 1 rings (SSSR count). The van der Waals surface area contributed by atoms with Crippen molar-refractivity contribution in [3.8, 4) is 0 Å². The lowest BCUT2D eigenvalue weighted by molar-refractivity contribution is -0.176. The lowest BCUT2D eigenvalue weighted by Gasteiger charge is -2.08. The monoisotopic (exact) mass is 313 g/mol. The molecule has 0 atom stereocenters.